The maximum Gasteiger partial charge on any atom is 0.305 e. The molecule has 2 amide bonds. The number of carboxylic acids is 1. The number of hydrogen-bond acceptors (Lipinski definition) is 8. The van der Waals surface area contributed by atoms with Crippen molar-refractivity contribution < 1.29 is 37.6 Å². The first kappa shape index (κ1) is 29.8. The Morgan fingerprint density at radius 2 is 1.59 bits per heavy atom. The van der Waals surface area contributed by atoms with E-state index in [1.165, 1.54) is 12.1 Å². The van der Waals surface area contributed by atoms with E-state index < -0.39 is 53.0 Å². The minimum Gasteiger partial charge on any atom is -0.481 e. The molecule has 0 bridgehead atoms. The zero-order chi connectivity index (χ0) is 26.5. The summed E-state index contributed by atoms with van der Waals surface area (Å²) in [7, 11) is -4.02. The number of nitrogens with one attached hydrogen (secondary N) is 2. The van der Waals surface area contributed by atoms with E-state index in [1.807, 2.05) is 34.6 Å². The van der Waals surface area contributed by atoms with Crippen LogP contribution in [0.25, 0.3) is 0 Å². The van der Waals surface area contributed by atoms with Gasteiger partial charge in [0.05, 0.1) is 30.0 Å². The van der Waals surface area contributed by atoms with E-state index in [9.17, 15) is 27.9 Å². The van der Waals surface area contributed by atoms with Crippen LogP contribution < -0.4 is 16.4 Å². The van der Waals surface area contributed by atoms with Crippen molar-refractivity contribution in [2.24, 2.45) is 5.73 Å². The Labute approximate surface area is 203 Å². The molecule has 2 atom stereocenters. The quantitative estimate of drug-likeness (QED) is 0.260. The number of aliphatic hydroxyl groups is 1. The molecule has 7 N–H and O–H groups in total. The molecule has 0 aromatic heterocycles. The van der Waals surface area contributed by atoms with Crippen molar-refractivity contribution >= 4 is 39.7 Å². The van der Waals surface area contributed by atoms with Crippen molar-refractivity contribution in [3.8, 4) is 0 Å². The first-order valence-electron chi connectivity index (χ1n) is 10.3. The van der Waals surface area contributed by atoms with Crippen molar-refractivity contribution in [2.75, 3.05) is 6.61 Å². The lowest BCUT2D eigenvalue weighted by Crippen LogP contribution is -2.69. The summed E-state index contributed by atoms with van der Waals surface area (Å²) in [5.41, 5.74) is 6.39. The van der Waals surface area contributed by atoms with Crippen LogP contribution in [0.1, 0.15) is 39.7 Å². The Balaban J connectivity index is 0.000000437. The summed E-state index contributed by atoms with van der Waals surface area (Å²) in [6, 6.07) is 3.42. The number of aliphatic carboxylic acids is 1. The number of amides is 2. The predicted octanol–water partition coefficient (Wildman–Crippen LogP) is 0.296. The minimum absolute atomic E-state index is 0.0666. The van der Waals surface area contributed by atoms with Crippen LogP contribution in [0, 0.1) is 6.92 Å². The Bertz CT molecular complexity index is 980. The van der Waals surface area contributed by atoms with Crippen LogP contribution in [0.4, 0.5) is 0 Å². The summed E-state index contributed by atoms with van der Waals surface area (Å²) in [6.45, 7) is 9.25. The number of hydrogen-bond donors (Lipinski definition) is 6. The fraction of sp³-hybridized carbons (Fsp3) is 0.571. The fourth-order valence-corrected chi connectivity index (χ4v) is 6.22. The summed E-state index contributed by atoms with van der Waals surface area (Å²) in [4.78, 5) is 34.5. The molecule has 1 aliphatic rings. The Kier molecular flexibility index (Phi) is 10.1. The molecule has 1 heterocycles. The van der Waals surface area contributed by atoms with Crippen LogP contribution in [0.2, 0.25) is 0 Å². The van der Waals surface area contributed by atoms with Crippen LogP contribution in [0.3, 0.4) is 0 Å². The molecule has 1 aromatic rings. The van der Waals surface area contributed by atoms with Crippen LogP contribution in [0.5, 0.6) is 0 Å². The van der Waals surface area contributed by atoms with E-state index in [4.69, 9.17) is 15.4 Å². The molecule has 0 unspecified atom stereocenters. The lowest BCUT2D eigenvalue weighted by Gasteiger charge is -2.57. The summed E-state index contributed by atoms with van der Waals surface area (Å²) in [5.74, 6) is -2.52. The number of nitrogens with two attached hydrogens (primary N) is 1. The molecule has 0 radical (unpaired) electrons. The minimum atomic E-state index is -4.02. The van der Waals surface area contributed by atoms with Gasteiger partial charge in [-0.2, -0.15) is 8.42 Å². The van der Waals surface area contributed by atoms with Crippen LogP contribution in [-0.2, 0) is 24.5 Å². The first-order chi connectivity index (χ1) is 15.4. The number of carbonyl (C=O) groups excluding carboxylic acids is 2. The van der Waals surface area contributed by atoms with E-state index in [-0.39, 0.29) is 20.4 Å². The van der Waals surface area contributed by atoms with Gasteiger partial charge in [0.1, 0.15) is 6.04 Å². The third kappa shape index (κ3) is 8.55. The third-order valence-corrected chi connectivity index (χ3v) is 7.46. The van der Waals surface area contributed by atoms with Gasteiger partial charge in [0.25, 0.3) is 10.1 Å². The number of thioether (sulfide) groups is 1. The topological polar surface area (TPSA) is 196 Å². The average Bonchev–Trinajstić information content (AvgIpc) is 2.68. The number of aliphatic hydroxyl groups excluding tert-OH is 1. The largest absolute Gasteiger partial charge is 0.481 e. The molecule has 1 aliphatic heterocycles. The maximum absolute atomic E-state index is 12.3. The molecule has 2 rings (SSSR count). The van der Waals surface area contributed by atoms with E-state index in [1.54, 1.807) is 23.9 Å². The van der Waals surface area contributed by atoms with Crippen LogP contribution >= 0.6 is 11.8 Å². The monoisotopic (exact) mass is 519 g/mol. The van der Waals surface area contributed by atoms with Crippen molar-refractivity contribution in [3.63, 3.8) is 0 Å². The molecular weight excluding hydrogens is 486 g/mol. The van der Waals surface area contributed by atoms with Gasteiger partial charge in [0, 0.05) is 9.49 Å². The van der Waals surface area contributed by atoms with Gasteiger partial charge in [-0.05, 0) is 46.8 Å². The highest BCUT2D eigenvalue weighted by Crippen LogP contribution is 2.54. The highest BCUT2D eigenvalue weighted by molar-refractivity contribution is 8.03. The maximum atomic E-state index is 12.3. The summed E-state index contributed by atoms with van der Waals surface area (Å²) in [5, 5.41) is 23.1. The van der Waals surface area contributed by atoms with Crippen molar-refractivity contribution in [1.29, 1.82) is 0 Å². The van der Waals surface area contributed by atoms with Gasteiger partial charge < -0.3 is 26.6 Å². The SMILES string of the molecule is CC1(C)SC(C)(C)C1NC(=O)[C@@H](CO)NC(=O)[C@@H](N)CC(=O)O.Cc1ccc(S(=O)(=O)O)cc1. The van der Waals surface area contributed by atoms with Gasteiger partial charge in [-0.15, -0.1) is 11.8 Å². The first-order valence-corrected chi connectivity index (χ1v) is 12.6. The van der Waals surface area contributed by atoms with Crippen LogP contribution in [0.15, 0.2) is 29.2 Å². The highest BCUT2D eigenvalue weighted by Gasteiger charge is 2.55. The van der Waals surface area contributed by atoms with E-state index in [0.717, 1.165) is 5.56 Å². The Morgan fingerprint density at radius 3 is 1.97 bits per heavy atom. The Morgan fingerprint density at radius 1 is 1.09 bits per heavy atom. The van der Waals surface area contributed by atoms with Gasteiger partial charge in [-0.1, -0.05) is 17.7 Å². The third-order valence-electron chi connectivity index (χ3n) is 5.07. The zero-order valence-electron chi connectivity index (χ0n) is 19.7. The normalized spacial score (nSPS) is 18.4. The van der Waals surface area contributed by atoms with E-state index in [2.05, 4.69) is 10.6 Å². The molecule has 0 saturated carbocycles. The molecule has 34 heavy (non-hydrogen) atoms. The smallest absolute Gasteiger partial charge is 0.305 e. The second kappa shape index (κ2) is 11.5. The molecule has 192 valence electrons. The Hall–Kier alpha value is -2.19. The molecule has 0 spiro atoms. The van der Waals surface area contributed by atoms with Crippen LogP contribution in [-0.4, -0.2) is 75.2 Å². The lowest BCUT2D eigenvalue weighted by atomic mass is 9.89. The van der Waals surface area contributed by atoms with Gasteiger partial charge in [0.2, 0.25) is 11.8 Å². The average molecular weight is 520 g/mol. The summed E-state index contributed by atoms with van der Waals surface area (Å²) < 4.78 is 29.3. The molecule has 0 aliphatic carbocycles. The van der Waals surface area contributed by atoms with Gasteiger partial charge in [-0.25, -0.2) is 0 Å². The molecule has 1 fully saturated rings. The molecule has 1 aromatic carbocycles. The van der Waals surface area contributed by atoms with Crippen molar-refractivity contribution in [2.45, 2.75) is 73.6 Å². The zero-order valence-corrected chi connectivity index (χ0v) is 21.4. The number of aryl methyl sites for hydroxylation is 1. The van der Waals surface area contributed by atoms with Gasteiger partial charge in [0.15, 0.2) is 0 Å². The lowest BCUT2D eigenvalue weighted by molar-refractivity contribution is -0.139. The van der Waals surface area contributed by atoms with Gasteiger partial charge in [-0.3, -0.25) is 18.9 Å². The molecule has 1 saturated heterocycles. The molecule has 11 nitrogen and oxygen atoms in total. The van der Waals surface area contributed by atoms with Crippen molar-refractivity contribution in [3.05, 3.63) is 29.8 Å². The van der Waals surface area contributed by atoms with E-state index >= 15 is 0 Å². The standard InChI is InChI=1S/C14H25N3O5S.C7H8O3S/c1-13(2)12(14(3,4)23-13)17-11(22)8(6-18)16-10(21)7(15)5-9(19)20;1-6-2-4-7(5-3-6)11(8,9)10/h7-8,12,18H,5-6,15H2,1-4H3,(H,16,21)(H,17,22)(H,19,20);2-5H,1H3,(H,8,9,10)/t7-,8+;/m0./s1. The molecule has 13 heteroatoms. The second-order valence-corrected chi connectivity index (χ2v) is 12.7. The van der Waals surface area contributed by atoms with Crippen molar-refractivity contribution in [1.82, 2.24) is 10.6 Å². The fourth-order valence-electron chi connectivity index (χ4n) is 3.63. The highest BCUT2D eigenvalue weighted by atomic mass is 32.2. The summed E-state index contributed by atoms with van der Waals surface area (Å²) in [6.07, 6.45) is -0.551. The van der Waals surface area contributed by atoms with E-state index in [0.29, 0.717) is 0 Å². The second-order valence-electron chi connectivity index (χ2n) is 8.99. The number of rotatable bonds is 8. The molecular formula is C21H33N3O8S2. The van der Waals surface area contributed by atoms with Gasteiger partial charge >= 0.3 is 5.97 Å². The number of carbonyl (C=O) groups is 3. The number of carboxylic acid groups (broad SMARTS) is 1. The predicted molar refractivity (Wildman–Crippen MR) is 128 cm³/mol. The summed E-state index contributed by atoms with van der Waals surface area (Å²) >= 11 is 1.73. The number of benzene rings is 1.